The molecule has 1 spiro atoms. The summed E-state index contributed by atoms with van der Waals surface area (Å²) in [6.07, 6.45) is 4.65. The minimum absolute atomic E-state index is 0.168. The Kier molecular flexibility index (Phi) is 7.73. The standard InChI is InChI=1S/C32H39N7O4/c1-5-27(40)39-16-15-38(18-22(39)11-13-33)30-24-10-12-32(20-37(4)25-17-21(2)8-9-26(25)43-32)29(41)28(24)34-31(35-30)42-19-23-7-6-14-36(23)3/h5,8-9,17,22-23H,1,6-7,10-12,14-16,18-20H2,2-4H3/t22?,23?,32-/m1/s1. The number of piperazine rings is 1. The highest BCUT2D eigenvalue weighted by Crippen LogP contribution is 2.43. The second-order valence-corrected chi connectivity index (χ2v) is 12.2. The zero-order valence-corrected chi connectivity index (χ0v) is 25.2. The number of benzene rings is 1. The molecule has 11 heteroatoms. The van der Waals surface area contributed by atoms with E-state index in [0.717, 1.165) is 36.2 Å². The Hall–Kier alpha value is -4.17. The van der Waals surface area contributed by atoms with Crippen molar-refractivity contribution in [3.63, 3.8) is 0 Å². The summed E-state index contributed by atoms with van der Waals surface area (Å²) in [6, 6.07) is 8.32. The van der Waals surface area contributed by atoms with Gasteiger partial charge in [0.1, 0.15) is 23.9 Å². The van der Waals surface area contributed by atoms with Gasteiger partial charge in [-0.05, 0) is 63.6 Å². The summed E-state index contributed by atoms with van der Waals surface area (Å²) in [5.74, 6) is 0.957. The molecular weight excluding hydrogens is 546 g/mol. The highest BCUT2D eigenvalue weighted by atomic mass is 16.5. The van der Waals surface area contributed by atoms with Crippen molar-refractivity contribution < 1.29 is 19.1 Å². The van der Waals surface area contributed by atoms with E-state index in [9.17, 15) is 14.9 Å². The van der Waals surface area contributed by atoms with Gasteiger partial charge in [0.25, 0.3) is 0 Å². The number of hydrogen-bond donors (Lipinski definition) is 0. The number of aromatic nitrogens is 2. The van der Waals surface area contributed by atoms with Gasteiger partial charge in [0, 0.05) is 44.7 Å². The first-order valence-corrected chi connectivity index (χ1v) is 15.1. The minimum atomic E-state index is -1.07. The molecule has 0 N–H and O–H groups in total. The van der Waals surface area contributed by atoms with Crippen LogP contribution in [0.15, 0.2) is 30.9 Å². The predicted octanol–water partition coefficient (Wildman–Crippen LogP) is 2.77. The van der Waals surface area contributed by atoms with Gasteiger partial charge in [-0.3, -0.25) is 9.59 Å². The van der Waals surface area contributed by atoms with Crippen LogP contribution in [0.25, 0.3) is 0 Å². The topological polar surface area (TPSA) is 115 Å². The number of likely N-dealkylation sites (N-methyl/N-ethyl adjacent to an activating group) is 2. The number of fused-ring (bicyclic) bond motifs is 2. The van der Waals surface area contributed by atoms with Crippen LogP contribution in [0.3, 0.4) is 0 Å². The Bertz CT molecular complexity index is 1490. The quantitative estimate of drug-likeness (QED) is 0.469. The van der Waals surface area contributed by atoms with Crippen LogP contribution >= 0.6 is 0 Å². The Morgan fingerprint density at radius 2 is 2.09 bits per heavy atom. The zero-order chi connectivity index (χ0) is 30.3. The Morgan fingerprint density at radius 3 is 2.84 bits per heavy atom. The average molecular weight is 586 g/mol. The molecule has 1 amide bonds. The van der Waals surface area contributed by atoms with Gasteiger partial charge in [-0.15, -0.1) is 0 Å². The van der Waals surface area contributed by atoms with Crippen molar-refractivity contribution in [1.29, 1.82) is 5.26 Å². The molecule has 4 aliphatic rings. The van der Waals surface area contributed by atoms with Crippen LogP contribution < -0.4 is 19.3 Å². The number of anilines is 2. The zero-order valence-electron chi connectivity index (χ0n) is 25.2. The van der Waals surface area contributed by atoms with Gasteiger partial charge in [-0.1, -0.05) is 12.6 Å². The molecular formula is C32H39N7O4. The molecule has 2 saturated heterocycles. The first-order chi connectivity index (χ1) is 20.7. The number of ketones is 1. The fraction of sp³-hybridized carbons (Fsp3) is 0.531. The van der Waals surface area contributed by atoms with E-state index in [1.165, 1.54) is 6.08 Å². The fourth-order valence-electron chi connectivity index (χ4n) is 6.92. The molecule has 4 heterocycles. The molecule has 2 unspecified atom stereocenters. The lowest BCUT2D eigenvalue weighted by atomic mass is 9.80. The molecule has 3 atom stereocenters. The maximum Gasteiger partial charge on any atom is 0.319 e. The third-order valence-corrected chi connectivity index (χ3v) is 9.34. The van der Waals surface area contributed by atoms with Crippen molar-refractivity contribution in [2.75, 3.05) is 63.2 Å². The molecule has 6 rings (SSSR count). The number of hydrogen-bond acceptors (Lipinski definition) is 10. The van der Waals surface area contributed by atoms with Crippen LogP contribution in [0.4, 0.5) is 11.5 Å². The second-order valence-electron chi connectivity index (χ2n) is 12.2. The van der Waals surface area contributed by atoms with E-state index >= 15 is 0 Å². The van der Waals surface area contributed by atoms with Crippen LogP contribution in [0.1, 0.15) is 47.3 Å². The number of carbonyl (C=O) groups excluding carboxylic acids is 2. The molecule has 43 heavy (non-hydrogen) atoms. The van der Waals surface area contributed by atoms with Crippen molar-refractivity contribution in [3.05, 3.63) is 47.7 Å². The normalized spacial score (nSPS) is 25.2. The first-order valence-electron chi connectivity index (χ1n) is 15.1. The number of ether oxygens (including phenoxy) is 2. The molecule has 11 nitrogen and oxygen atoms in total. The van der Waals surface area contributed by atoms with Crippen molar-refractivity contribution in [2.24, 2.45) is 0 Å². The van der Waals surface area contributed by atoms with Crippen molar-refractivity contribution in [2.45, 2.75) is 56.7 Å². The number of carbonyl (C=O) groups is 2. The molecule has 0 saturated carbocycles. The smallest absolute Gasteiger partial charge is 0.319 e. The number of nitriles is 1. The summed E-state index contributed by atoms with van der Waals surface area (Å²) in [4.78, 5) is 44.7. The maximum atomic E-state index is 14.4. The van der Waals surface area contributed by atoms with Gasteiger partial charge in [0.2, 0.25) is 11.7 Å². The molecule has 1 aromatic heterocycles. The van der Waals surface area contributed by atoms with Crippen molar-refractivity contribution in [3.8, 4) is 17.8 Å². The van der Waals surface area contributed by atoms with Gasteiger partial charge in [-0.2, -0.15) is 15.2 Å². The van der Waals surface area contributed by atoms with E-state index < -0.39 is 5.60 Å². The minimum Gasteiger partial charge on any atom is -0.475 e. The SMILES string of the molecule is C=CC(=O)N1CCN(c2nc(OCC3CCCN3C)nc3c2CC[C@@]2(CN(C)c4cc(C)ccc4O2)C3=O)CC1CC#N. The fourth-order valence-corrected chi connectivity index (χ4v) is 6.92. The molecule has 2 fully saturated rings. The lowest BCUT2D eigenvalue weighted by Crippen LogP contribution is -2.58. The molecule has 1 aliphatic carbocycles. The number of rotatable bonds is 6. The van der Waals surface area contributed by atoms with Gasteiger partial charge < -0.3 is 29.1 Å². The van der Waals surface area contributed by atoms with Gasteiger partial charge in [0.05, 0.1) is 30.8 Å². The largest absolute Gasteiger partial charge is 0.475 e. The number of aryl methyl sites for hydroxylation is 1. The third kappa shape index (κ3) is 5.29. The number of nitrogens with zero attached hydrogens (tertiary/aromatic N) is 7. The van der Waals surface area contributed by atoms with Crippen LogP contribution in [0.2, 0.25) is 0 Å². The van der Waals surface area contributed by atoms with E-state index in [4.69, 9.17) is 19.4 Å². The summed E-state index contributed by atoms with van der Waals surface area (Å²) in [5.41, 5.74) is 2.12. The van der Waals surface area contributed by atoms with Gasteiger partial charge >= 0.3 is 6.01 Å². The van der Waals surface area contributed by atoms with Crippen molar-refractivity contribution in [1.82, 2.24) is 19.8 Å². The summed E-state index contributed by atoms with van der Waals surface area (Å²) in [5, 5.41) is 9.52. The number of likely N-dealkylation sites (tertiary alicyclic amines) is 1. The van der Waals surface area contributed by atoms with Crippen LogP contribution in [-0.4, -0.2) is 103 Å². The van der Waals surface area contributed by atoms with E-state index in [2.05, 4.69) is 40.5 Å². The monoisotopic (exact) mass is 585 g/mol. The lowest BCUT2D eigenvalue weighted by molar-refractivity contribution is -0.128. The highest BCUT2D eigenvalue weighted by molar-refractivity contribution is 6.05. The van der Waals surface area contributed by atoms with Crippen LogP contribution in [-0.2, 0) is 11.2 Å². The highest BCUT2D eigenvalue weighted by Gasteiger charge is 2.51. The Labute approximate surface area is 252 Å². The van der Waals surface area contributed by atoms with E-state index in [-0.39, 0.29) is 36.2 Å². The maximum absolute atomic E-state index is 14.4. The third-order valence-electron chi connectivity index (χ3n) is 9.34. The second kappa shape index (κ2) is 11.5. The van der Waals surface area contributed by atoms with Crippen molar-refractivity contribution >= 4 is 23.2 Å². The lowest BCUT2D eigenvalue weighted by Gasteiger charge is -2.45. The summed E-state index contributed by atoms with van der Waals surface area (Å²) >= 11 is 0. The summed E-state index contributed by atoms with van der Waals surface area (Å²) in [7, 11) is 4.08. The van der Waals surface area contributed by atoms with Crippen LogP contribution in [0, 0.1) is 18.3 Å². The molecule has 226 valence electrons. The molecule has 3 aliphatic heterocycles. The summed E-state index contributed by atoms with van der Waals surface area (Å²) in [6.45, 7) is 8.86. The van der Waals surface area contributed by atoms with E-state index in [1.807, 2.05) is 26.1 Å². The predicted molar refractivity (Wildman–Crippen MR) is 162 cm³/mol. The van der Waals surface area contributed by atoms with Crippen LogP contribution in [0.5, 0.6) is 11.8 Å². The van der Waals surface area contributed by atoms with Gasteiger partial charge in [-0.25, -0.2) is 0 Å². The molecule has 2 aromatic rings. The molecule has 0 radical (unpaired) electrons. The molecule has 1 aromatic carbocycles. The Balaban J connectivity index is 1.36. The van der Waals surface area contributed by atoms with Gasteiger partial charge in [0.15, 0.2) is 5.60 Å². The number of Topliss-reactive ketones (excluding diaryl/α,β-unsaturated/α-hetero) is 1. The Morgan fingerprint density at radius 1 is 1.26 bits per heavy atom. The first kappa shape index (κ1) is 28.9. The number of amides is 1. The molecule has 0 bridgehead atoms. The average Bonchev–Trinajstić information content (AvgIpc) is 3.42. The van der Waals surface area contributed by atoms with E-state index in [1.54, 1.807) is 4.90 Å². The van der Waals surface area contributed by atoms with E-state index in [0.29, 0.717) is 62.9 Å². The summed E-state index contributed by atoms with van der Waals surface area (Å²) < 4.78 is 12.7.